The average molecular weight is 462 g/mol. The van der Waals surface area contributed by atoms with Gasteiger partial charge in [-0.25, -0.2) is 4.98 Å². The van der Waals surface area contributed by atoms with Crippen LogP contribution in [-0.4, -0.2) is 56.2 Å². The smallest absolute Gasteiger partial charge is 0.260 e. The van der Waals surface area contributed by atoms with Crippen molar-refractivity contribution < 1.29 is 14.3 Å². The number of hydrogen-bond donors (Lipinski definition) is 0. The number of benzene rings is 2. The zero-order valence-corrected chi connectivity index (χ0v) is 19.9. The first-order valence-electron chi connectivity index (χ1n) is 10.2. The molecule has 0 spiro atoms. The van der Waals surface area contributed by atoms with E-state index in [1.165, 1.54) is 5.56 Å². The van der Waals surface area contributed by atoms with Crippen LogP contribution in [0.4, 0.5) is 5.13 Å². The molecule has 166 valence electrons. The predicted molar refractivity (Wildman–Crippen MR) is 129 cm³/mol. The fourth-order valence-electron chi connectivity index (χ4n) is 3.64. The van der Waals surface area contributed by atoms with E-state index in [-0.39, 0.29) is 18.3 Å². The maximum atomic E-state index is 13.5. The number of ether oxygens (including phenoxy) is 2. The molecule has 0 bridgehead atoms. The van der Waals surface area contributed by atoms with E-state index in [9.17, 15) is 4.79 Å². The van der Waals surface area contributed by atoms with Crippen molar-refractivity contribution in [2.24, 2.45) is 0 Å². The van der Waals surface area contributed by atoms with Crippen molar-refractivity contribution in [3.63, 3.8) is 0 Å². The normalized spacial score (nSPS) is 12.7. The van der Waals surface area contributed by atoms with Gasteiger partial charge < -0.3 is 14.4 Å². The van der Waals surface area contributed by atoms with Gasteiger partial charge in [-0.05, 0) is 76.3 Å². The van der Waals surface area contributed by atoms with Gasteiger partial charge in [0.25, 0.3) is 5.91 Å². The lowest BCUT2D eigenvalue weighted by Crippen LogP contribution is -2.33. The summed E-state index contributed by atoms with van der Waals surface area (Å²) in [6.45, 7) is 6.67. The molecule has 2 aromatic carbocycles. The van der Waals surface area contributed by atoms with Gasteiger partial charge in [-0.3, -0.25) is 9.69 Å². The summed E-state index contributed by atoms with van der Waals surface area (Å²) in [7, 11) is 4.08. The summed E-state index contributed by atoms with van der Waals surface area (Å²) >= 11 is 1.57. The fraction of sp³-hybridized carbons (Fsp3) is 0.391. The number of thiazole rings is 1. The highest BCUT2D eigenvalue weighted by molar-refractivity contribution is 7.22. The van der Waals surface area contributed by atoms with Crippen LogP contribution >= 0.6 is 23.7 Å². The Balaban J connectivity index is 0.00000272. The lowest BCUT2D eigenvalue weighted by molar-refractivity contribution is 0.0984. The van der Waals surface area contributed by atoms with E-state index in [2.05, 4.69) is 30.9 Å². The first kappa shape index (κ1) is 23.3. The highest BCUT2D eigenvalue weighted by Crippen LogP contribution is 2.34. The summed E-state index contributed by atoms with van der Waals surface area (Å²) in [5.74, 6) is 1.23. The number of amides is 1. The van der Waals surface area contributed by atoms with Crippen LogP contribution in [0.5, 0.6) is 11.5 Å². The van der Waals surface area contributed by atoms with Gasteiger partial charge in [0.05, 0.1) is 10.2 Å². The first-order chi connectivity index (χ1) is 14.4. The van der Waals surface area contributed by atoms with Crippen molar-refractivity contribution >= 4 is 45.0 Å². The standard InChI is InChI=1S/C23H27N3O3S.ClH/c1-15-12-16(2)21-20(13-15)30-23(24-21)26(9-5-8-25(3)4)22(27)17-6-7-18-19(14-17)29-11-10-28-18;/h6-7,12-14H,5,8-11H2,1-4H3;1H. The van der Waals surface area contributed by atoms with E-state index < -0.39 is 0 Å². The van der Waals surface area contributed by atoms with E-state index >= 15 is 0 Å². The van der Waals surface area contributed by atoms with Crippen LogP contribution < -0.4 is 14.4 Å². The van der Waals surface area contributed by atoms with E-state index in [4.69, 9.17) is 14.5 Å². The number of aromatic nitrogens is 1. The lowest BCUT2D eigenvalue weighted by atomic mass is 10.1. The van der Waals surface area contributed by atoms with Gasteiger partial charge in [0.15, 0.2) is 16.6 Å². The molecule has 1 amide bonds. The number of fused-ring (bicyclic) bond motifs is 2. The minimum Gasteiger partial charge on any atom is -0.486 e. The molecule has 2 heterocycles. The monoisotopic (exact) mass is 461 g/mol. The van der Waals surface area contributed by atoms with Gasteiger partial charge >= 0.3 is 0 Å². The summed E-state index contributed by atoms with van der Waals surface area (Å²) in [6.07, 6.45) is 0.858. The molecule has 0 atom stereocenters. The molecular formula is C23H28ClN3O3S. The number of carbonyl (C=O) groups is 1. The van der Waals surface area contributed by atoms with Crippen LogP contribution in [-0.2, 0) is 0 Å². The quantitative estimate of drug-likeness (QED) is 0.532. The van der Waals surface area contributed by atoms with Gasteiger partial charge in [0.1, 0.15) is 13.2 Å². The number of halogens is 1. The Morgan fingerprint density at radius 3 is 2.55 bits per heavy atom. The third-order valence-electron chi connectivity index (χ3n) is 5.07. The maximum absolute atomic E-state index is 13.5. The molecule has 0 radical (unpaired) electrons. The molecule has 31 heavy (non-hydrogen) atoms. The summed E-state index contributed by atoms with van der Waals surface area (Å²) in [6, 6.07) is 9.66. The fourth-order valence-corrected chi connectivity index (χ4v) is 4.80. The second-order valence-corrected chi connectivity index (χ2v) is 8.91. The molecule has 1 aromatic heterocycles. The average Bonchev–Trinajstić information content (AvgIpc) is 3.14. The van der Waals surface area contributed by atoms with E-state index in [0.29, 0.717) is 36.8 Å². The van der Waals surface area contributed by atoms with Gasteiger partial charge in [0.2, 0.25) is 0 Å². The molecule has 1 aliphatic heterocycles. The molecule has 0 unspecified atom stereocenters. The molecule has 0 aliphatic carbocycles. The Bertz CT molecular complexity index is 1080. The molecule has 8 heteroatoms. The summed E-state index contributed by atoms with van der Waals surface area (Å²) in [5.41, 5.74) is 3.88. The Kier molecular flexibility index (Phi) is 7.41. The van der Waals surface area contributed by atoms with Crippen molar-refractivity contribution in [3.05, 3.63) is 47.0 Å². The first-order valence-corrected chi connectivity index (χ1v) is 11.0. The van der Waals surface area contributed by atoms with Gasteiger partial charge in [-0.1, -0.05) is 17.4 Å². The van der Waals surface area contributed by atoms with Crippen LogP contribution in [0.2, 0.25) is 0 Å². The highest BCUT2D eigenvalue weighted by Gasteiger charge is 2.23. The Hall–Kier alpha value is -2.35. The summed E-state index contributed by atoms with van der Waals surface area (Å²) in [4.78, 5) is 22.3. The van der Waals surface area contributed by atoms with Crippen LogP contribution in [0.15, 0.2) is 30.3 Å². The Labute approximate surface area is 193 Å². The van der Waals surface area contributed by atoms with Gasteiger partial charge in [-0.15, -0.1) is 12.4 Å². The van der Waals surface area contributed by atoms with Crippen molar-refractivity contribution in [2.45, 2.75) is 20.3 Å². The third kappa shape index (κ3) is 5.11. The van der Waals surface area contributed by atoms with Crippen molar-refractivity contribution in [1.82, 2.24) is 9.88 Å². The maximum Gasteiger partial charge on any atom is 0.260 e. The molecule has 0 saturated heterocycles. The van der Waals surface area contributed by atoms with Crippen molar-refractivity contribution in [1.29, 1.82) is 0 Å². The van der Waals surface area contributed by atoms with Crippen LogP contribution in [0.25, 0.3) is 10.2 Å². The highest BCUT2D eigenvalue weighted by atomic mass is 35.5. The van der Waals surface area contributed by atoms with E-state index in [1.807, 2.05) is 20.2 Å². The predicted octanol–water partition coefficient (Wildman–Crippen LogP) is 4.70. The minimum absolute atomic E-state index is 0. The zero-order chi connectivity index (χ0) is 21.3. The topological polar surface area (TPSA) is 54.9 Å². The van der Waals surface area contributed by atoms with E-state index in [0.717, 1.165) is 33.9 Å². The number of carbonyl (C=O) groups excluding carboxylic acids is 1. The number of aryl methyl sites for hydroxylation is 2. The molecule has 0 saturated carbocycles. The molecule has 3 aromatic rings. The molecule has 4 rings (SSSR count). The SMILES string of the molecule is Cc1cc(C)c2nc(N(CCCN(C)C)C(=O)c3ccc4c(c3)OCCO4)sc2c1.Cl. The second kappa shape index (κ2) is 9.85. The van der Waals surface area contributed by atoms with Crippen molar-refractivity contribution in [2.75, 3.05) is 45.3 Å². The molecule has 6 nitrogen and oxygen atoms in total. The van der Waals surface area contributed by atoms with Crippen LogP contribution in [0.1, 0.15) is 27.9 Å². The van der Waals surface area contributed by atoms with Crippen LogP contribution in [0, 0.1) is 13.8 Å². The second-order valence-electron chi connectivity index (χ2n) is 7.90. The summed E-state index contributed by atoms with van der Waals surface area (Å²) in [5, 5.41) is 0.734. The molecule has 1 aliphatic rings. The van der Waals surface area contributed by atoms with Gasteiger partial charge in [-0.2, -0.15) is 0 Å². The Morgan fingerprint density at radius 1 is 1.06 bits per heavy atom. The molecule has 0 N–H and O–H groups in total. The number of anilines is 1. The Morgan fingerprint density at radius 2 is 1.81 bits per heavy atom. The third-order valence-corrected chi connectivity index (χ3v) is 6.10. The number of nitrogens with zero attached hydrogens (tertiary/aromatic N) is 3. The van der Waals surface area contributed by atoms with E-state index in [1.54, 1.807) is 28.4 Å². The number of hydrogen-bond acceptors (Lipinski definition) is 6. The summed E-state index contributed by atoms with van der Waals surface area (Å²) < 4.78 is 12.4. The van der Waals surface area contributed by atoms with Crippen LogP contribution in [0.3, 0.4) is 0 Å². The minimum atomic E-state index is -0.0702. The molecule has 0 fully saturated rings. The molecular weight excluding hydrogens is 434 g/mol. The largest absolute Gasteiger partial charge is 0.486 e. The zero-order valence-electron chi connectivity index (χ0n) is 18.3. The number of rotatable bonds is 6. The van der Waals surface area contributed by atoms with Crippen molar-refractivity contribution in [3.8, 4) is 11.5 Å². The lowest BCUT2D eigenvalue weighted by Gasteiger charge is -2.23. The van der Waals surface area contributed by atoms with Gasteiger partial charge in [0, 0.05) is 12.1 Å².